The first kappa shape index (κ1) is 19.0. The molecule has 0 aliphatic carbocycles. The van der Waals surface area contributed by atoms with Crippen molar-refractivity contribution in [1.82, 2.24) is 0 Å². The van der Waals surface area contributed by atoms with Gasteiger partial charge in [-0.25, -0.2) is 4.90 Å². The van der Waals surface area contributed by atoms with Gasteiger partial charge in [0.05, 0.1) is 5.69 Å². The third kappa shape index (κ3) is 5.10. The Bertz CT molecular complexity index is 847. The number of anilines is 1. The highest BCUT2D eigenvalue weighted by molar-refractivity contribution is 7.82. The van der Waals surface area contributed by atoms with E-state index in [1.165, 1.54) is 0 Å². The summed E-state index contributed by atoms with van der Waals surface area (Å²) in [4.78, 5) is 1.57. The lowest BCUT2D eigenvalue weighted by molar-refractivity contribution is 0.530. The van der Waals surface area contributed by atoms with Crippen LogP contribution in [0.5, 0.6) is 11.5 Å². The zero-order valence-corrected chi connectivity index (χ0v) is 16.1. The van der Waals surface area contributed by atoms with Crippen LogP contribution < -0.4 is 20.1 Å². The maximum atomic E-state index is 5.81. The van der Waals surface area contributed by atoms with E-state index >= 15 is 0 Å². The Hall–Kier alpha value is -2.80. The van der Waals surface area contributed by atoms with Gasteiger partial charge in [0.1, 0.15) is 11.5 Å². The normalized spacial score (nSPS) is 10.1. The molecular weight excluding hydrogens is 376 g/mol. The second-order valence-electron chi connectivity index (χ2n) is 5.57. The number of nitrogens with zero attached hydrogens (tertiary/aromatic N) is 1. The second kappa shape index (κ2) is 9.23. The summed E-state index contributed by atoms with van der Waals surface area (Å²) in [6, 6.07) is 26.2. The van der Waals surface area contributed by atoms with Crippen LogP contribution in [0.25, 0.3) is 0 Å². The second-order valence-corrected chi connectivity index (χ2v) is 6.27. The van der Waals surface area contributed by atoms with Crippen molar-refractivity contribution < 1.29 is 9.47 Å². The molecule has 0 unspecified atom stereocenters. The van der Waals surface area contributed by atoms with Gasteiger partial charge in [-0.3, -0.25) is 0 Å². The van der Waals surface area contributed by atoms with Gasteiger partial charge in [0, 0.05) is 6.54 Å². The van der Waals surface area contributed by atoms with Gasteiger partial charge in [0.15, 0.2) is 0 Å². The number of benzene rings is 3. The van der Waals surface area contributed by atoms with Crippen LogP contribution in [0.15, 0.2) is 84.9 Å². The quantitative estimate of drug-likeness (QED) is 0.649. The van der Waals surface area contributed by atoms with Gasteiger partial charge < -0.3 is 15.2 Å². The molecule has 3 aromatic carbocycles. The molecule has 4 nitrogen and oxygen atoms in total. The molecule has 0 radical (unpaired) electrons. The summed E-state index contributed by atoms with van der Waals surface area (Å²) in [7, 11) is 0. The zero-order chi connectivity index (χ0) is 19.1. The molecule has 0 amide bonds. The van der Waals surface area contributed by atoms with E-state index in [4.69, 9.17) is 39.6 Å². The zero-order valence-electron chi connectivity index (χ0n) is 14.4. The molecule has 27 heavy (non-hydrogen) atoms. The highest BCUT2D eigenvalue weighted by atomic mass is 32.1. The molecule has 2 N–H and O–H groups in total. The predicted molar refractivity (Wildman–Crippen MR) is 116 cm³/mol. The van der Waals surface area contributed by atoms with Crippen LogP contribution in [0.2, 0.25) is 0 Å². The van der Waals surface area contributed by atoms with Crippen LogP contribution in [0.1, 0.15) is 5.56 Å². The monoisotopic (exact) mass is 394 g/mol. The highest BCUT2D eigenvalue weighted by Crippen LogP contribution is 2.21. The minimum Gasteiger partial charge on any atom is -0.431 e. The van der Waals surface area contributed by atoms with E-state index in [0.29, 0.717) is 18.0 Å². The number of nitrogens with two attached hydrogens (primary N) is 1. The van der Waals surface area contributed by atoms with Crippen molar-refractivity contribution in [1.29, 1.82) is 0 Å². The first-order chi connectivity index (χ1) is 13.2. The third-order valence-electron chi connectivity index (χ3n) is 3.69. The summed E-state index contributed by atoms with van der Waals surface area (Å²) < 4.78 is 11.6. The van der Waals surface area contributed by atoms with Gasteiger partial charge in [-0.15, -0.1) is 0 Å². The topological polar surface area (TPSA) is 47.7 Å². The Morgan fingerprint density at radius 2 is 1.15 bits per heavy atom. The van der Waals surface area contributed by atoms with E-state index in [0.717, 1.165) is 11.3 Å². The van der Waals surface area contributed by atoms with E-state index in [-0.39, 0.29) is 10.3 Å². The van der Waals surface area contributed by atoms with Gasteiger partial charge in [0.25, 0.3) is 10.3 Å². The van der Waals surface area contributed by atoms with E-state index in [1.807, 2.05) is 84.9 Å². The summed E-state index contributed by atoms with van der Waals surface area (Å²) in [5, 5.41) is 0.338. The molecule has 0 saturated carbocycles. The number of hydrogen-bond acceptors (Lipinski definition) is 5. The van der Waals surface area contributed by atoms with Crippen molar-refractivity contribution in [3.05, 3.63) is 90.5 Å². The van der Waals surface area contributed by atoms with Gasteiger partial charge in [-0.2, -0.15) is 0 Å². The van der Waals surface area contributed by atoms with Gasteiger partial charge >= 0.3 is 0 Å². The maximum Gasteiger partial charge on any atom is 0.277 e. The first-order valence-corrected chi connectivity index (χ1v) is 9.12. The standard InChI is InChI=1S/C21H18N2O2S2/c22-15-16-11-13-17(14-12-16)23(20(26)24-18-7-3-1-4-8-18)21(27)25-19-9-5-2-6-10-19/h1-14H,15,22H2. The molecule has 0 fully saturated rings. The molecule has 0 spiro atoms. The van der Waals surface area contributed by atoms with Crippen molar-refractivity contribution in [3.8, 4) is 11.5 Å². The van der Waals surface area contributed by atoms with Crippen LogP contribution in [-0.4, -0.2) is 10.3 Å². The number of thiocarbonyl (C=S) groups is 2. The van der Waals surface area contributed by atoms with Crippen LogP contribution in [0.4, 0.5) is 5.69 Å². The molecule has 136 valence electrons. The van der Waals surface area contributed by atoms with Crippen LogP contribution >= 0.6 is 24.4 Å². The smallest absolute Gasteiger partial charge is 0.277 e. The largest absolute Gasteiger partial charge is 0.431 e. The van der Waals surface area contributed by atoms with Crippen molar-refractivity contribution >= 4 is 40.5 Å². The van der Waals surface area contributed by atoms with Crippen molar-refractivity contribution in [2.45, 2.75) is 6.54 Å². The average Bonchev–Trinajstić information content (AvgIpc) is 2.70. The summed E-state index contributed by atoms with van der Waals surface area (Å²) in [6.45, 7) is 0.455. The Morgan fingerprint density at radius 3 is 1.56 bits per heavy atom. The van der Waals surface area contributed by atoms with Gasteiger partial charge in [-0.05, 0) is 66.4 Å². The maximum absolute atomic E-state index is 5.81. The Morgan fingerprint density at radius 1 is 0.704 bits per heavy atom. The molecular formula is C21H18N2O2S2. The lowest BCUT2D eigenvalue weighted by Gasteiger charge is -2.25. The average molecular weight is 395 g/mol. The van der Waals surface area contributed by atoms with Crippen molar-refractivity contribution in [2.24, 2.45) is 5.73 Å². The third-order valence-corrected chi connectivity index (χ3v) is 4.22. The SMILES string of the molecule is NCc1ccc(N(C(=S)Oc2ccccc2)C(=S)Oc2ccccc2)cc1. The van der Waals surface area contributed by atoms with Crippen molar-refractivity contribution in [3.63, 3.8) is 0 Å². The fourth-order valence-corrected chi connectivity index (χ4v) is 2.96. The first-order valence-electron chi connectivity index (χ1n) is 8.30. The molecule has 0 bridgehead atoms. The van der Waals surface area contributed by atoms with Crippen LogP contribution in [0, 0.1) is 0 Å². The van der Waals surface area contributed by atoms with Crippen molar-refractivity contribution in [2.75, 3.05) is 4.90 Å². The summed E-state index contributed by atoms with van der Waals surface area (Å²) in [6.07, 6.45) is 0. The van der Waals surface area contributed by atoms with Gasteiger partial charge in [-0.1, -0.05) is 48.5 Å². The molecule has 3 rings (SSSR count). The minimum atomic E-state index is 0.169. The molecule has 0 aromatic heterocycles. The Labute approximate surface area is 169 Å². The summed E-state index contributed by atoms with van der Waals surface area (Å²) >= 11 is 11.0. The molecule has 0 aliphatic rings. The van der Waals surface area contributed by atoms with Gasteiger partial charge in [0.2, 0.25) is 0 Å². The summed E-state index contributed by atoms with van der Waals surface area (Å²) in [5.41, 5.74) is 7.42. The van der Waals surface area contributed by atoms with Crippen LogP contribution in [-0.2, 0) is 6.54 Å². The lowest BCUT2D eigenvalue weighted by Crippen LogP contribution is -2.40. The van der Waals surface area contributed by atoms with E-state index in [2.05, 4.69) is 0 Å². The fourth-order valence-electron chi connectivity index (χ4n) is 2.34. The number of rotatable bonds is 4. The number of hydrogen-bond donors (Lipinski definition) is 1. The molecule has 6 heteroatoms. The van der Waals surface area contributed by atoms with E-state index in [1.54, 1.807) is 4.90 Å². The number of para-hydroxylation sites is 2. The fraction of sp³-hybridized carbons (Fsp3) is 0.0476. The van der Waals surface area contributed by atoms with Crippen LogP contribution in [0.3, 0.4) is 0 Å². The molecule has 0 heterocycles. The molecule has 3 aromatic rings. The predicted octanol–water partition coefficient (Wildman–Crippen LogP) is 4.68. The minimum absolute atomic E-state index is 0.169. The Balaban J connectivity index is 1.87. The van der Waals surface area contributed by atoms with E-state index < -0.39 is 0 Å². The molecule has 0 atom stereocenters. The molecule has 0 aliphatic heterocycles. The lowest BCUT2D eigenvalue weighted by atomic mass is 10.2. The van der Waals surface area contributed by atoms with E-state index in [9.17, 15) is 0 Å². The highest BCUT2D eigenvalue weighted by Gasteiger charge is 2.21. The Kier molecular flexibility index (Phi) is 6.49. The summed E-state index contributed by atoms with van der Waals surface area (Å²) in [5.74, 6) is 1.24. The number of ether oxygens (including phenoxy) is 2. The molecule has 0 saturated heterocycles.